The molecule has 0 aliphatic rings. The normalized spacial score (nSPS) is 11.3. The number of nitrogens with zero attached hydrogens (tertiary/aromatic N) is 4. The van der Waals surface area contributed by atoms with Crippen LogP contribution in [0.2, 0.25) is 0 Å². The zero-order valence-electron chi connectivity index (χ0n) is 25.7. The van der Waals surface area contributed by atoms with E-state index in [1.807, 2.05) is 0 Å². The minimum absolute atomic E-state index is 0.970. The second kappa shape index (κ2) is 13.4. The Bertz CT molecular complexity index is 1150. The van der Waals surface area contributed by atoms with Crippen LogP contribution in [0.5, 0.6) is 0 Å². The second-order valence-corrected chi connectivity index (χ2v) is 17.4. The Morgan fingerprint density at radius 1 is 0.513 bits per heavy atom. The van der Waals surface area contributed by atoms with Crippen molar-refractivity contribution in [2.24, 2.45) is 0 Å². The zero-order valence-corrected chi connectivity index (χ0v) is 27.8. The molecule has 0 aliphatic heterocycles. The van der Waals surface area contributed by atoms with Crippen LogP contribution in [0.1, 0.15) is 58.2 Å². The SMILES string of the molecule is CCN(CC)c1cc[c]([Ge]([C]#N)([c]2ccc(N(CC)CC)cc2C)[c]2ccc(N(CC)CC)cc2C)c(C)c1. The Labute approximate surface area is 240 Å². The molecule has 3 aromatic carbocycles. The van der Waals surface area contributed by atoms with E-state index in [9.17, 15) is 5.26 Å². The second-order valence-electron chi connectivity index (χ2n) is 10.4. The molecule has 5 heteroatoms. The summed E-state index contributed by atoms with van der Waals surface area (Å²) in [6, 6.07) is 20.5. The molecule has 39 heavy (non-hydrogen) atoms. The number of anilines is 3. The fraction of sp³-hybridized carbons (Fsp3) is 0.441. The average Bonchev–Trinajstić information content (AvgIpc) is 2.94. The molecular formula is C34H48GeN4. The van der Waals surface area contributed by atoms with E-state index in [0.29, 0.717) is 0 Å². The summed E-state index contributed by atoms with van der Waals surface area (Å²) in [4.78, 5) is 10.2. The van der Waals surface area contributed by atoms with E-state index in [0.717, 1.165) is 39.3 Å². The molecule has 0 aromatic heterocycles. The molecule has 0 bridgehead atoms. The van der Waals surface area contributed by atoms with E-state index >= 15 is 0 Å². The van der Waals surface area contributed by atoms with E-state index in [2.05, 4.69) is 137 Å². The van der Waals surface area contributed by atoms with Crippen molar-refractivity contribution in [1.82, 2.24) is 0 Å². The zero-order chi connectivity index (χ0) is 28.7. The summed E-state index contributed by atoms with van der Waals surface area (Å²) in [5, 5.41) is 11.3. The van der Waals surface area contributed by atoms with Crippen molar-refractivity contribution >= 4 is 43.5 Å². The van der Waals surface area contributed by atoms with Crippen LogP contribution in [0.15, 0.2) is 54.6 Å². The van der Waals surface area contributed by atoms with Gasteiger partial charge in [-0.3, -0.25) is 0 Å². The van der Waals surface area contributed by atoms with E-state index in [4.69, 9.17) is 0 Å². The molecule has 0 fully saturated rings. The van der Waals surface area contributed by atoms with Crippen LogP contribution >= 0.6 is 0 Å². The first kappa shape index (κ1) is 30.6. The Balaban J connectivity index is 2.35. The van der Waals surface area contributed by atoms with Crippen LogP contribution in [0.25, 0.3) is 0 Å². The molecule has 3 aromatic rings. The predicted molar refractivity (Wildman–Crippen MR) is 174 cm³/mol. The number of aryl methyl sites for hydroxylation is 3. The van der Waals surface area contributed by atoms with Gasteiger partial charge in [-0.2, -0.15) is 0 Å². The Morgan fingerprint density at radius 2 is 0.769 bits per heavy atom. The summed E-state index contributed by atoms with van der Waals surface area (Å²) in [7, 11) is 0. The van der Waals surface area contributed by atoms with E-state index < -0.39 is 13.3 Å². The third-order valence-electron chi connectivity index (χ3n) is 8.40. The minimum atomic E-state index is -3.75. The van der Waals surface area contributed by atoms with Gasteiger partial charge in [0, 0.05) is 0 Å². The summed E-state index contributed by atoms with van der Waals surface area (Å²) in [5.74, 6) is 0. The topological polar surface area (TPSA) is 33.5 Å². The third-order valence-corrected chi connectivity index (χ3v) is 17.7. The molecule has 0 saturated carbocycles. The molecular weight excluding hydrogens is 537 g/mol. The molecule has 0 N–H and O–H groups in total. The molecule has 0 atom stereocenters. The van der Waals surface area contributed by atoms with Crippen molar-refractivity contribution in [2.75, 3.05) is 54.0 Å². The summed E-state index contributed by atoms with van der Waals surface area (Å²) in [5.41, 5.74) is 7.37. The van der Waals surface area contributed by atoms with Gasteiger partial charge < -0.3 is 0 Å². The van der Waals surface area contributed by atoms with Gasteiger partial charge in [0.25, 0.3) is 0 Å². The first-order valence-electron chi connectivity index (χ1n) is 14.7. The number of nitriles is 1. The van der Waals surface area contributed by atoms with Crippen molar-refractivity contribution in [3.8, 4) is 4.90 Å². The van der Waals surface area contributed by atoms with Crippen LogP contribution in [-0.2, 0) is 0 Å². The first-order chi connectivity index (χ1) is 18.7. The Hall–Kier alpha value is -2.91. The monoisotopic (exact) mass is 586 g/mol. The molecule has 0 heterocycles. The first-order valence-corrected chi connectivity index (χ1v) is 18.9. The number of hydrogen-bond donors (Lipinski definition) is 0. The molecule has 208 valence electrons. The molecule has 4 nitrogen and oxygen atoms in total. The van der Waals surface area contributed by atoms with E-state index in [-0.39, 0.29) is 0 Å². The van der Waals surface area contributed by atoms with Gasteiger partial charge in [-0.05, 0) is 0 Å². The Morgan fingerprint density at radius 3 is 0.949 bits per heavy atom. The van der Waals surface area contributed by atoms with Gasteiger partial charge in [-0.25, -0.2) is 0 Å². The number of hydrogen-bond acceptors (Lipinski definition) is 4. The van der Waals surface area contributed by atoms with Crippen LogP contribution in [0, 0.1) is 30.9 Å². The molecule has 0 unspecified atom stereocenters. The molecule has 0 saturated heterocycles. The predicted octanol–water partition coefficient (Wildman–Crippen LogP) is 5.68. The van der Waals surface area contributed by atoms with Gasteiger partial charge in [0.15, 0.2) is 0 Å². The van der Waals surface area contributed by atoms with Gasteiger partial charge in [0.05, 0.1) is 0 Å². The molecule has 0 aliphatic carbocycles. The van der Waals surface area contributed by atoms with Crippen LogP contribution < -0.4 is 27.9 Å². The van der Waals surface area contributed by atoms with Crippen molar-refractivity contribution in [3.05, 3.63) is 71.3 Å². The molecule has 0 amide bonds. The van der Waals surface area contributed by atoms with Crippen LogP contribution in [0.3, 0.4) is 0 Å². The van der Waals surface area contributed by atoms with Gasteiger partial charge in [-0.15, -0.1) is 0 Å². The van der Waals surface area contributed by atoms with Crippen LogP contribution in [0.4, 0.5) is 17.1 Å². The quantitative estimate of drug-likeness (QED) is 0.256. The van der Waals surface area contributed by atoms with E-state index in [1.165, 1.54) is 46.9 Å². The molecule has 0 spiro atoms. The molecule has 3 rings (SSSR count). The van der Waals surface area contributed by atoms with Crippen molar-refractivity contribution in [3.63, 3.8) is 0 Å². The summed E-state index contributed by atoms with van der Waals surface area (Å²) in [6.45, 7) is 25.6. The fourth-order valence-corrected chi connectivity index (χ4v) is 15.0. The maximum absolute atomic E-state index is 11.3. The van der Waals surface area contributed by atoms with Crippen molar-refractivity contribution in [1.29, 1.82) is 5.26 Å². The summed E-state index contributed by atoms with van der Waals surface area (Å²) < 4.78 is 3.72. The summed E-state index contributed by atoms with van der Waals surface area (Å²) in [6.07, 6.45) is 0. The fourth-order valence-electron chi connectivity index (χ4n) is 6.18. The van der Waals surface area contributed by atoms with Crippen LogP contribution in [-0.4, -0.2) is 52.5 Å². The van der Waals surface area contributed by atoms with Gasteiger partial charge in [0.2, 0.25) is 0 Å². The summed E-state index contributed by atoms with van der Waals surface area (Å²) >= 11 is -3.75. The Kier molecular flexibility index (Phi) is 10.6. The van der Waals surface area contributed by atoms with Crippen molar-refractivity contribution in [2.45, 2.75) is 62.3 Å². The maximum atomic E-state index is 11.3. The molecule has 0 radical (unpaired) electrons. The average molecular weight is 585 g/mol. The van der Waals surface area contributed by atoms with E-state index in [1.54, 1.807) is 0 Å². The number of benzene rings is 3. The third kappa shape index (κ3) is 5.84. The van der Waals surface area contributed by atoms with Gasteiger partial charge in [0.1, 0.15) is 0 Å². The van der Waals surface area contributed by atoms with Gasteiger partial charge >= 0.3 is 241 Å². The van der Waals surface area contributed by atoms with Gasteiger partial charge in [-0.1, -0.05) is 0 Å². The number of rotatable bonds is 12. The van der Waals surface area contributed by atoms with Crippen molar-refractivity contribution < 1.29 is 0 Å². The standard InChI is InChI=1S/C34H48GeN4/c1-10-37(11-2)29-16-19-32(26(7)22-29)35(25-36,33-20-17-30(23-27(33)8)38(12-3)13-4)34-21-18-31(24-28(34)9)39(14-5)15-6/h16-24H,10-15H2,1-9H3.